The number of nitriles is 1. The van der Waals surface area contributed by atoms with Crippen molar-refractivity contribution < 1.29 is 24.5 Å². The molecule has 3 aromatic rings. The van der Waals surface area contributed by atoms with Gasteiger partial charge in [-0.3, -0.25) is 9.59 Å². The number of hydrogen-bond acceptors (Lipinski definition) is 6. The van der Waals surface area contributed by atoms with Crippen LogP contribution >= 0.6 is 0 Å². The average Bonchev–Trinajstić information content (AvgIpc) is 2.68. The highest BCUT2D eigenvalue weighted by Crippen LogP contribution is 2.33. The fourth-order valence-corrected chi connectivity index (χ4v) is 2.82. The van der Waals surface area contributed by atoms with Crippen molar-refractivity contribution in [3.63, 3.8) is 0 Å². The number of aliphatic carboxylic acids is 1. The van der Waals surface area contributed by atoms with Gasteiger partial charge >= 0.3 is 5.97 Å². The number of benzene rings is 2. The van der Waals surface area contributed by atoms with Gasteiger partial charge in [-0.1, -0.05) is 18.2 Å². The van der Waals surface area contributed by atoms with Gasteiger partial charge in [0.1, 0.15) is 23.3 Å². The lowest BCUT2D eigenvalue weighted by Gasteiger charge is -2.14. The molecule has 2 aromatic carbocycles. The maximum absolute atomic E-state index is 12.4. The summed E-state index contributed by atoms with van der Waals surface area (Å²) >= 11 is 0. The van der Waals surface area contributed by atoms with Crippen molar-refractivity contribution in [2.75, 3.05) is 0 Å². The van der Waals surface area contributed by atoms with Crippen LogP contribution in [0, 0.1) is 11.3 Å². The normalized spacial score (nSPS) is 11.4. The van der Waals surface area contributed by atoms with E-state index in [4.69, 9.17) is 9.84 Å². The summed E-state index contributed by atoms with van der Waals surface area (Å²) < 4.78 is 5.74. The number of aromatic hydroxyl groups is 1. The number of nitrogens with one attached hydrogen (secondary N) is 1. The van der Waals surface area contributed by atoms with Crippen molar-refractivity contribution in [2.24, 2.45) is 0 Å². The summed E-state index contributed by atoms with van der Waals surface area (Å²) in [5.41, 5.74) is -0.407. The predicted molar refractivity (Wildman–Crippen MR) is 104 cm³/mol. The van der Waals surface area contributed by atoms with Gasteiger partial charge in [-0.2, -0.15) is 5.26 Å². The highest BCUT2D eigenvalue weighted by atomic mass is 16.5. The van der Waals surface area contributed by atoms with Crippen molar-refractivity contribution in [2.45, 2.75) is 19.4 Å². The van der Waals surface area contributed by atoms with E-state index in [-0.39, 0.29) is 23.2 Å². The van der Waals surface area contributed by atoms with Gasteiger partial charge in [0.25, 0.3) is 5.91 Å². The molecular formula is C21H17N3O5. The van der Waals surface area contributed by atoms with Crippen LogP contribution in [0.3, 0.4) is 0 Å². The van der Waals surface area contributed by atoms with E-state index >= 15 is 0 Å². The van der Waals surface area contributed by atoms with Gasteiger partial charge < -0.3 is 20.3 Å². The Kier molecular flexibility index (Phi) is 5.60. The number of carbonyl (C=O) groups is 2. The molecule has 0 radical (unpaired) electrons. The van der Waals surface area contributed by atoms with Crippen LogP contribution in [0.1, 0.15) is 29.5 Å². The minimum absolute atomic E-state index is 0.0626. The molecule has 3 rings (SSSR count). The monoisotopic (exact) mass is 391 g/mol. The lowest BCUT2D eigenvalue weighted by molar-refractivity contribution is -0.137. The molecule has 1 heterocycles. The van der Waals surface area contributed by atoms with Gasteiger partial charge in [0.2, 0.25) is 0 Å². The van der Waals surface area contributed by atoms with Gasteiger partial charge in [-0.25, -0.2) is 4.98 Å². The Hall–Kier alpha value is -4.12. The number of para-hydroxylation sites is 1. The molecule has 0 aliphatic carbocycles. The summed E-state index contributed by atoms with van der Waals surface area (Å²) in [4.78, 5) is 27.2. The third-order valence-corrected chi connectivity index (χ3v) is 4.11. The molecule has 8 nitrogen and oxygen atoms in total. The Balaban J connectivity index is 1.97. The molecule has 8 heteroatoms. The first-order valence-electron chi connectivity index (χ1n) is 8.71. The molecule has 0 aliphatic heterocycles. The Morgan fingerprint density at radius 2 is 1.90 bits per heavy atom. The minimum atomic E-state index is -1.07. The largest absolute Gasteiger partial charge is 0.505 e. The number of pyridine rings is 1. The van der Waals surface area contributed by atoms with Gasteiger partial charge in [-0.05, 0) is 37.3 Å². The van der Waals surface area contributed by atoms with E-state index in [1.54, 1.807) is 24.3 Å². The standard InChI is InChI=1S/C21H17N3O5/c1-12(9-18(25)26)23-21(28)19-20(27)15-8-7-14(10-16(15)17(11-22)24-19)29-13-5-3-2-4-6-13/h2-8,10,12,27H,9H2,1H3,(H,23,28)(H,25,26). The van der Waals surface area contributed by atoms with Crippen LogP contribution in [-0.2, 0) is 4.79 Å². The number of ether oxygens (including phenoxy) is 1. The van der Waals surface area contributed by atoms with E-state index < -0.39 is 23.7 Å². The molecule has 0 saturated heterocycles. The molecule has 1 aromatic heterocycles. The van der Waals surface area contributed by atoms with Crippen LogP contribution in [0.4, 0.5) is 0 Å². The van der Waals surface area contributed by atoms with Crippen molar-refractivity contribution >= 4 is 22.6 Å². The van der Waals surface area contributed by atoms with E-state index in [0.29, 0.717) is 16.9 Å². The maximum atomic E-state index is 12.4. The first-order valence-corrected chi connectivity index (χ1v) is 8.71. The average molecular weight is 391 g/mol. The highest BCUT2D eigenvalue weighted by Gasteiger charge is 2.21. The SMILES string of the molecule is CC(CC(=O)O)NC(=O)c1nc(C#N)c2cc(Oc3ccccc3)ccc2c1O. The fraction of sp³-hybridized carbons (Fsp3) is 0.143. The molecule has 1 amide bonds. The van der Waals surface area contributed by atoms with E-state index in [2.05, 4.69) is 10.3 Å². The molecule has 0 fully saturated rings. The lowest BCUT2D eigenvalue weighted by Crippen LogP contribution is -2.34. The molecule has 0 aliphatic rings. The van der Waals surface area contributed by atoms with Gasteiger partial charge in [0.15, 0.2) is 11.4 Å². The zero-order valence-electron chi connectivity index (χ0n) is 15.4. The Morgan fingerprint density at radius 3 is 2.55 bits per heavy atom. The first kappa shape index (κ1) is 19.6. The minimum Gasteiger partial charge on any atom is -0.505 e. The number of nitrogens with zero attached hydrogens (tertiary/aromatic N) is 2. The van der Waals surface area contributed by atoms with Crippen LogP contribution in [0.2, 0.25) is 0 Å². The van der Waals surface area contributed by atoms with Crippen LogP contribution in [0.5, 0.6) is 17.2 Å². The summed E-state index contributed by atoms with van der Waals surface area (Å²) in [6, 6.07) is 15.0. The summed E-state index contributed by atoms with van der Waals surface area (Å²) in [6.45, 7) is 1.52. The zero-order valence-corrected chi connectivity index (χ0v) is 15.4. The van der Waals surface area contributed by atoms with E-state index in [9.17, 15) is 20.0 Å². The van der Waals surface area contributed by atoms with Crippen molar-refractivity contribution in [3.05, 3.63) is 59.9 Å². The Bertz CT molecular complexity index is 1120. The van der Waals surface area contributed by atoms with Crippen molar-refractivity contribution in [1.29, 1.82) is 5.26 Å². The van der Waals surface area contributed by atoms with Crippen LogP contribution < -0.4 is 10.1 Å². The van der Waals surface area contributed by atoms with Crippen LogP contribution in [-0.4, -0.2) is 33.1 Å². The third kappa shape index (κ3) is 4.42. The highest BCUT2D eigenvalue weighted by molar-refractivity contribution is 6.03. The van der Waals surface area contributed by atoms with Gasteiger partial charge in [-0.15, -0.1) is 0 Å². The number of hydrogen-bond donors (Lipinski definition) is 3. The second-order valence-electron chi connectivity index (χ2n) is 6.36. The molecule has 1 unspecified atom stereocenters. The van der Waals surface area contributed by atoms with Crippen LogP contribution in [0.25, 0.3) is 10.8 Å². The quantitative estimate of drug-likeness (QED) is 0.588. The predicted octanol–water partition coefficient (Wildman–Crippen LogP) is 3.20. The number of fused-ring (bicyclic) bond motifs is 1. The van der Waals surface area contributed by atoms with Crippen molar-refractivity contribution in [1.82, 2.24) is 10.3 Å². The number of carboxylic acids is 1. The molecule has 3 N–H and O–H groups in total. The summed E-state index contributed by atoms with van der Waals surface area (Å²) in [5, 5.41) is 31.8. The van der Waals surface area contributed by atoms with E-state index in [1.165, 1.54) is 13.0 Å². The lowest BCUT2D eigenvalue weighted by atomic mass is 10.1. The molecule has 29 heavy (non-hydrogen) atoms. The molecule has 0 saturated carbocycles. The maximum Gasteiger partial charge on any atom is 0.305 e. The van der Waals surface area contributed by atoms with Crippen LogP contribution in [0.15, 0.2) is 48.5 Å². The molecule has 146 valence electrons. The summed E-state index contributed by atoms with van der Waals surface area (Å²) in [6.07, 6.45) is -0.286. The second kappa shape index (κ2) is 8.27. The first-order chi connectivity index (χ1) is 13.9. The fourth-order valence-electron chi connectivity index (χ4n) is 2.82. The molecule has 0 spiro atoms. The number of rotatable bonds is 6. The summed E-state index contributed by atoms with van der Waals surface area (Å²) in [7, 11) is 0. The zero-order chi connectivity index (χ0) is 21.0. The number of aromatic nitrogens is 1. The second-order valence-corrected chi connectivity index (χ2v) is 6.36. The number of carbonyl (C=O) groups excluding carboxylic acids is 1. The van der Waals surface area contributed by atoms with E-state index in [0.717, 1.165) is 0 Å². The van der Waals surface area contributed by atoms with Crippen molar-refractivity contribution in [3.8, 4) is 23.3 Å². The molecule has 1 atom stereocenters. The third-order valence-electron chi connectivity index (χ3n) is 4.11. The Morgan fingerprint density at radius 1 is 1.17 bits per heavy atom. The number of carboxylic acid groups (broad SMARTS) is 1. The molecular weight excluding hydrogens is 374 g/mol. The van der Waals surface area contributed by atoms with E-state index in [1.807, 2.05) is 24.3 Å². The summed E-state index contributed by atoms with van der Waals surface area (Å²) in [5.74, 6) is -1.19. The smallest absolute Gasteiger partial charge is 0.305 e. The molecule has 0 bridgehead atoms. The Labute approximate surface area is 166 Å². The number of amides is 1. The topological polar surface area (TPSA) is 133 Å². The van der Waals surface area contributed by atoms with Gasteiger partial charge in [0, 0.05) is 16.8 Å². The van der Waals surface area contributed by atoms with Gasteiger partial charge in [0.05, 0.1) is 6.42 Å².